The maximum absolute atomic E-state index is 12.8. The molecule has 0 atom stereocenters. The van der Waals surface area contributed by atoms with Crippen LogP contribution in [0.5, 0.6) is 11.5 Å². The molecule has 0 saturated heterocycles. The second-order valence-electron chi connectivity index (χ2n) is 5.26. The molecule has 0 spiro atoms. The van der Waals surface area contributed by atoms with E-state index in [1.165, 1.54) is 6.33 Å². The van der Waals surface area contributed by atoms with Crippen LogP contribution >= 0.6 is 0 Å². The van der Waals surface area contributed by atoms with Gasteiger partial charge in [-0.25, -0.2) is 9.97 Å². The van der Waals surface area contributed by atoms with Gasteiger partial charge in [-0.3, -0.25) is 4.79 Å². The summed E-state index contributed by atoms with van der Waals surface area (Å²) < 4.78 is 10.4. The van der Waals surface area contributed by atoms with E-state index in [2.05, 4.69) is 9.97 Å². The van der Waals surface area contributed by atoms with Gasteiger partial charge in [0, 0.05) is 23.7 Å². The number of fused-ring (bicyclic) bond motifs is 1. The van der Waals surface area contributed by atoms with Gasteiger partial charge in [0.15, 0.2) is 0 Å². The van der Waals surface area contributed by atoms with Crippen LogP contribution in [0.3, 0.4) is 0 Å². The molecule has 1 aromatic carbocycles. The Morgan fingerprint density at radius 2 is 1.87 bits per heavy atom. The largest absolute Gasteiger partial charge is 0.497 e. The summed E-state index contributed by atoms with van der Waals surface area (Å²) in [7, 11) is 3.11. The SMILES string of the molecule is COc1cc(OC)cc(C(=O)N2CCc3c(N)ncnc3C2)c1. The number of nitrogen functional groups attached to an aromatic ring is 1. The van der Waals surface area contributed by atoms with Gasteiger partial charge in [0.05, 0.1) is 26.5 Å². The average Bonchev–Trinajstić information content (AvgIpc) is 2.60. The van der Waals surface area contributed by atoms with E-state index in [0.29, 0.717) is 42.4 Å². The second-order valence-corrected chi connectivity index (χ2v) is 5.26. The van der Waals surface area contributed by atoms with Crippen molar-refractivity contribution in [1.82, 2.24) is 14.9 Å². The average molecular weight is 314 g/mol. The first kappa shape index (κ1) is 15.1. The van der Waals surface area contributed by atoms with E-state index in [1.54, 1.807) is 37.3 Å². The van der Waals surface area contributed by atoms with Gasteiger partial charge >= 0.3 is 0 Å². The molecule has 2 N–H and O–H groups in total. The first-order valence-electron chi connectivity index (χ1n) is 7.23. The van der Waals surface area contributed by atoms with Crippen molar-refractivity contribution in [3.63, 3.8) is 0 Å². The second kappa shape index (κ2) is 6.12. The van der Waals surface area contributed by atoms with Crippen LogP contribution in [0.15, 0.2) is 24.5 Å². The lowest BCUT2D eigenvalue weighted by Crippen LogP contribution is -2.37. The number of hydrogen-bond donors (Lipinski definition) is 1. The van der Waals surface area contributed by atoms with Crippen LogP contribution in [0.25, 0.3) is 0 Å². The lowest BCUT2D eigenvalue weighted by atomic mass is 10.0. The molecular formula is C16H18N4O3. The van der Waals surface area contributed by atoms with Crippen molar-refractivity contribution in [3.05, 3.63) is 41.3 Å². The molecule has 120 valence electrons. The van der Waals surface area contributed by atoms with Crippen molar-refractivity contribution >= 4 is 11.7 Å². The van der Waals surface area contributed by atoms with E-state index in [-0.39, 0.29) is 5.91 Å². The molecule has 3 rings (SSSR count). The highest BCUT2D eigenvalue weighted by Gasteiger charge is 2.25. The summed E-state index contributed by atoms with van der Waals surface area (Å²) in [5.74, 6) is 1.56. The van der Waals surface area contributed by atoms with Crippen molar-refractivity contribution in [3.8, 4) is 11.5 Å². The molecule has 0 aliphatic carbocycles. The lowest BCUT2D eigenvalue weighted by Gasteiger charge is -2.28. The molecule has 1 aromatic heterocycles. The first-order valence-corrected chi connectivity index (χ1v) is 7.23. The Kier molecular flexibility index (Phi) is 4.01. The summed E-state index contributed by atoms with van der Waals surface area (Å²) in [5.41, 5.74) is 8.11. The van der Waals surface area contributed by atoms with Crippen molar-refractivity contribution in [1.29, 1.82) is 0 Å². The van der Waals surface area contributed by atoms with Crippen LogP contribution in [0.1, 0.15) is 21.6 Å². The van der Waals surface area contributed by atoms with E-state index in [0.717, 1.165) is 11.3 Å². The summed E-state index contributed by atoms with van der Waals surface area (Å²) in [6.45, 7) is 0.989. The molecule has 0 unspecified atom stereocenters. The number of rotatable bonds is 3. The smallest absolute Gasteiger partial charge is 0.254 e. The number of nitrogens with two attached hydrogens (primary N) is 1. The highest BCUT2D eigenvalue weighted by atomic mass is 16.5. The van der Waals surface area contributed by atoms with Crippen molar-refractivity contribution in [2.75, 3.05) is 26.5 Å². The topological polar surface area (TPSA) is 90.6 Å². The fourth-order valence-electron chi connectivity index (χ4n) is 2.67. The minimum Gasteiger partial charge on any atom is -0.497 e. The number of methoxy groups -OCH3 is 2. The number of benzene rings is 1. The summed E-state index contributed by atoms with van der Waals surface area (Å²) in [6.07, 6.45) is 2.07. The Morgan fingerprint density at radius 3 is 2.52 bits per heavy atom. The van der Waals surface area contributed by atoms with Crippen LogP contribution in [0, 0.1) is 0 Å². The van der Waals surface area contributed by atoms with Gasteiger partial charge in [-0.2, -0.15) is 0 Å². The predicted molar refractivity (Wildman–Crippen MR) is 84.4 cm³/mol. The molecule has 1 aliphatic rings. The molecule has 1 aliphatic heterocycles. The van der Waals surface area contributed by atoms with Gasteiger partial charge in [-0.05, 0) is 18.6 Å². The number of amides is 1. The Bertz CT molecular complexity index is 726. The van der Waals surface area contributed by atoms with E-state index in [9.17, 15) is 4.79 Å². The summed E-state index contributed by atoms with van der Waals surface area (Å²) in [6, 6.07) is 5.14. The van der Waals surface area contributed by atoms with Crippen LogP contribution < -0.4 is 15.2 Å². The lowest BCUT2D eigenvalue weighted by molar-refractivity contribution is 0.0731. The van der Waals surface area contributed by atoms with Gasteiger partial charge < -0.3 is 20.1 Å². The summed E-state index contributed by atoms with van der Waals surface area (Å²) in [5, 5.41) is 0. The van der Waals surface area contributed by atoms with Gasteiger partial charge in [-0.15, -0.1) is 0 Å². The minimum absolute atomic E-state index is 0.0926. The number of anilines is 1. The summed E-state index contributed by atoms with van der Waals surface area (Å²) in [4.78, 5) is 22.7. The number of ether oxygens (including phenoxy) is 2. The highest BCUT2D eigenvalue weighted by Crippen LogP contribution is 2.26. The molecular weight excluding hydrogens is 296 g/mol. The Morgan fingerprint density at radius 1 is 1.17 bits per heavy atom. The maximum atomic E-state index is 12.8. The van der Waals surface area contributed by atoms with Crippen LogP contribution in [-0.2, 0) is 13.0 Å². The molecule has 7 nitrogen and oxygen atoms in total. The van der Waals surface area contributed by atoms with E-state index in [1.807, 2.05) is 0 Å². The molecule has 0 saturated carbocycles. The molecule has 1 amide bonds. The van der Waals surface area contributed by atoms with E-state index < -0.39 is 0 Å². The third-order valence-corrected chi connectivity index (χ3v) is 3.93. The Hall–Kier alpha value is -2.83. The molecule has 2 aromatic rings. The number of hydrogen-bond acceptors (Lipinski definition) is 6. The molecule has 2 heterocycles. The minimum atomic E-state index is -0.0926. The zero-order valence-electron chi connectivity index (χ0n) is 13.1. The fraction of sp³-hybridized carbons (Fsp3) is 0.312. The molecule has 7 heteroatoms. The Balaban J connectivity index is 1.87. The molecule has 23 heavy (non-hydrogen) atoms. The third-order valence-electron chi connectivity index (χ3n) is 3.93. The number of carbonyl (C=O) groups is 1. The predicted octanol–water partition coefficient (Wildman–Crippen LogP) is 1.27. The maximum Gasteiger partial charge on any atom is 0.254 e. The van der Waals surface area contributed by atoms with Crippen LogP contribution in [0.2, 0.25) is 0 Å². The zero-order chi connectivity index (χ0) is 16.4. The number of carbonyl (C=O) groups excluding carboxylic acids is 1. The normalized spacial score (nSPS) is 13.4. The van der Waals surface area contributed by atoms with Gasteiger partial charge in [0.2, 0.25) is 0 Å². The van der Waals surface area contributed by atoms with Crippen molar-refractivity contribution < 1.29 is 14.3 Å². The molecule has 0 bridgehead atoms. The van der Waals surface area contributed by atoms with Gasteiger partial charge in [0.25, 0.3) is 5.91 Å². The quantitative estimate of drug-likeness (QED) is 0.917. The van der Waals surface area contributed by atoms with Crippen molar-refractivity contribution in [2.45, 2.75) is 13.0 Å². The van der Waals surface area contributed by atoms with E-state index >= 15 is 0 Å². The van der Waals surface area contributed by atoms with Crippen LogP contribution in [-0.4, -0.2) is 41.5 Å². The number of nitrogens with zero attached hydrogens (tertiary/aromatic N) is 3. The van der Waals surface area contributed by atoms with Gasteiger partial charge in [-0.1, -0.05) is 0 Å². The van der Waals surface area contributed by atoms with Gasteiger partial charge in [0.1, 0.15) is 23.6 Å². The van der Waals surface area contributed by atoms with Crippen LogP contribution in [0.4, 0.5) is 5.82 Å². The third kappa shape index (κ3) is 2.90. The van der Waals surface area contributed by atoms with Crippen molar-refractivity contribution in [2.24, 2.45) is 0 Å². The Labute approximate surface area is 134 Å². The zero-order valence-corrected chi connectivity index (χ0v) is 13.1. The molecule has 0 radical (unpaired) electrons. The first-order chi connectivity index (χ1) is 11.1. The summed E-state index contributed by atoms with van der Waals surface area (Å²) >= 11 is 0. The highest BCUT2D eigenvalue weighted by molar-refractivity contribution is 5.95. The standard InChI is InChI=1S/C16H18N4O3/c1-22-11-5-10(6-12(7-11)23-2)16(21)20-4-3-13-14(8-20)18-9-19-15(13)17/h5-7,9H,3-4,8H2,1-2H3,(H2,17,18,19). The number of aromatic nitrogens is 2. The monoisotopic (exact) mass is 314 g/mol. The molecule has 0 fully saturated rings. The van der Waals surface area contributed by atoms with E-state index in [4.69, 9.17) is 15.2 Å². The fourth-order valence-corrected chi connectivity index (χ4v) is 2.67.